The van der Waals surface area contributed by atoms with E-state index in [1.54, 1.807) is 0 Å². The molecule has 0 aromatic carbocycles. The van der Waals surface area contributed by atoms with Gasteiger partial charge in [0.1, 0.15) is 0 Å². The highest BCUT2D eigenvalue weighted by Crippen LogP contribution is 2.37. The minimum atomic E-state index is -4.87. The van der Waals surface area contributed by atoms with Crippen LogP contribution >= 0.6 is 23.2 Å². The van der Waals surface area contributed by atoms with Crippen LogP contribution in [0.1, 0.15) is 5.56 Å². The number of alkyl halides is 3. The molecule has 0 atom stereocenters. The molecule has 0 fully saturated rings. The largest absolute Gasteiger partial charge is 0.573 e. The molecule has 0 amide bonds. The molecular weight excluding hydrogens is 256 g/mol. The molecule has 0 unspecified atom stereocenters. The van der Waals surface area contributed by atoms with E-state index in [0.29, 0.717) is 0 Å². The van der Waals surface area contributed by atoms with Gasteiger partial charge in [-0.3, -0.25) is 0 Å². The number of hydrogen-bond donors (Lipinski definition) is 1. The summed E-state index contributed by atoms with van der Waals surface area (Å²) in [6.45, 7) is -0.0583. The van der Waals surface area contributed by atoms with Crippen LogP contribution in [-0.4, -0.2) is 11.3 Å². The normalized spacial score (nSPS) is 11.6. The van der Waals surface area contributed by atoms with Crippen LogP contribution in [0, 0.1) is 0 Å². The Balaban J connectivity index is 3.15. The molecule has 0 aliphatic heterocycles. The molecule has 0 aliphatic carbocycles. The zero-order valence-corrected chi connectivity index (χ0v) is 8.62. The van der Waals surface area contributed by atoms with Crippen molar-refractivity contribution in [3.63, 3.8) is 0 Å². The molecule has 2 N–H and O–H groups in total. The maximum absolute atomic E-state index is 11.9. The Kier molecular flexibility index (Phi) is 3.64. The second-order valence-corrected chi connectivity index (χ2v) is 3.21. The van der Waals surface area contributed by atoms with Gasteiger partial charge in [-0.25, -0.2) is 4.98 Å². The highest BCUT2D eigenvalue weighted by molar-refractivity contribution is 6.36. The van der Waals surface area contributed by atoms with Crippen LogP contribution in [0.25, 0.3) is 0 Å². The monoisotopic (exact) mass is 260 g/mol. The molecule has 1 aromatic heterocycles. The highest BCUT2D eigenvalue weighted by Gasteiger charge is 2.33. The average Bonchev–Trinajstić information content (AvgIpc) is 2.11. The Morgan fingerprint density at radius 3 is 2.47 bits per heavy atom. The molecule has 1 aromatic rings. The Morgan fingerprint density at radius 1 is 1.40 bits per heavy atom. The lowest BCUT2D eigenvalue weighted by Crippen LogP contribution is -2.18. The van der Waals surface area contributed by atoms with Gasteiger partial charge in [-0.15, -0.1) is 13.2 Å². The summed E-state index contributed by atoms with van der Waals surface area (Å²) in [5.41, 5.74) is 5.45. The van der Waals surface area contributed by atoms with Gasteiger partial charge in [0.05, 0.1) is 5.02 Å². The fourth-order valence-electron chi connectivity index (χ4n) is 0.831. The van der Waals surface area contributed by atoms with Gasteiger partial charge in [0.2, 0.25) is 0 Å². The average molecular weight is 261 g/mol. The second kappa shape index (κ2) is 4.42. The van der Waals surface area contributed by atoms with Gasteiger partial charge in [-0.1, -0.05) is 23.2 Å². The van der Waals surface area contributed by atoms with Crippen molar-refractivity contribution in [1.29, 1.82) is 0 Å². The third kappa shape index (κ3) is 3.12. The van der Waals surface area contributed by atoms with Crippen LogP contribution in [0.3, 0.4) is 0 Å². The van der Waals surface area contributed by atoms with Crippen molar-refractivity contribution in [3.05, 3.63) is 21.9 Å². The number of aromatic nitrogens is 1. The Bertz CT molecular complexity index is 370. The molecular formula is C7H5Cl2F3N2O. The molecule has 0 saturated carbocycles. The summed E-state index contributed by atoms with van der Waals surface area (Å²) in [6.07, 6.45) is -3.68. The van der Waals surface area contributed by atoms with E-state index in [1.807, 2.05) is 0 Å². The van der Waals surface area contributed by atoms with Crippen LogP contribution < -0.4 is 10.5 Å². The molecule has 1 heterocycles. The summed E-state index contributed by atoms with van der Waals surface area (Å²) in [4.78, 5) is 3.47. The number of halogens is 5. The molecule has 84 valence electrons. The van der Waals surface area contributed by atoms with Crippen molar-refractivity contribution < 1.29 is 17.9 Å². The maximum Gasteiger partial charge on any atom is 0.573 e. The molecule has 0 bridgehead atoms. The smallest absolute Gasteiger partial charge is 0.401 e. The maximum atomic E-state index is 11.9. The number of rotatable bonds is 2. The number of nitrogens with zero attached hydrogens (tertiary/aromatic N) is 1. The van der Waals surface area contributed by atoms with E-state index in [0.717, 1.165) is 0 Å². The first-order valence-corrected chi connectivity index (χ1v) is 4.39. The van der Waals surface area contributed by atoms with Crippen molar-refractivity contribution in [2.24, 2.45) is 5.73 Å². The van der Waals surface area contributed by atoms with Crippen LogP contribution in [0.15, 0.2) is 6.20 Å². The fourth-order valence-corrected chi connectivity index (χ4v) is 1.32. The summed E-state index contributed by atoms with van der Waals surface area (Å²) >= 11 is 11.0. The minimum Gasteiger partial charge on any atom is -0.401 e. The quantitative estimate of drug-likeness (QED) is 0.832. The highest BCUT2D eigenvalue weighted by atomic mass is 35.5. The van der Waals surface area contributed by atoms with Crippen molar-refractivity contribution >= 4 is 23.2 Å². The Hall–Kier alpha value is -0.720. The van der Waals surface area contributed by atoms with E-state index in [4.69, 9.17) is 28.9 Å². The van der Waals surface area contributed by atoms with E-state index < -0.39 is 17.3 Å². The minimum absolute atomic E-state index is 0.0583. The van der Waals surface area contributed by atoms with Gasteiger partial charge in [0, 0.05) is 18.3 Å². The Morgan fingerprint density at radius 2 is 2.00 bits per heavy atom. The number of hydrogen-bond acceptors (Lipinski definition) is 3. The molecule has 0 saturated heterocycles. The first-order chi connectivity index (χ1) is 6.85. The molecule has 0 radical (unpaired) electrons. The molecule has 8 heteroatoms. The fraction of sp³-hybridized carbons (Fsp3) is 0.286. The standard InChI is InChI=1S/C7H5Cl2F3N2O/c8-4-3(1-13)2-14-6(9)5(4)15-7(10,11)12/h2H,1,13H2. The molecule has 3 nitrogen and oxygen atoms in total. The predicted octanol–water partition coefficient (Wildman–Crippen LogP) is 2.75. The summed E-state index contributed by atoms with van der Waals surface area (Å²) in [5.74, 6) is -0.728. The third-order valence-corrected chi connectivity index (χ3v) is 2.12. The topological polar surface area (TPSA) is 48.1 Å². The van der Waals surface area contributed by atoms with E-state index >= 15 is 0 Å². The number of nitrogens with two attached hydrogens (primary N) is 1. The number of pyridine rings is 1. The van der Waals surface area contributed by atoms with Gasteiger partial charge in [-0.2, -0.15) is 0 Å². The van der Waals surface area contributed by atoms with Crippen LogP contribution in [-0.2, 0) is 6.54 Å². The van der Waals surface area contributed by atoms with Crippen LogP contribution in [0.2, 0.25) is 10.2 Å². The lowest BCUT2D eigenvalue weighted by Gasteiger charge is -2.12. The van der Waals surface area contributed by atoms with Gasteiger partial charge in [0.15, 0.2) is 10.9 Å². The number of ether oxygens (including phenoxy) is 1. The lowest BCUT2D eigenvalue weighted by atomic mass is 10.3. The molecule has 0 spiro atoms. The summed E-state index contributed by atoms with van der Waals surface area (Å²) in [6, 6.07) is 0. The van der Waals surface area contributed by atoms with Crippen LogP contribution in [0.4, 0.5) is 13.2 Å². The summed E-state index contributed by atoms with van der Waals surface area (Å²) in [5, 5.41) is -0.746. The van der Waals surface area contributed by atoms with Gasteiger partial charge in [0.25, 0.3) is 0 Å². The summed E-state index contributed by atoms with van der Waals surface area (Å²) < 4.78 is 39.4. The zero-order chi connectivity index (χ0) is 11.6. The zero-order valence-electron chi connectivity index (χ0n) is 7.11. The Labute approximate surface area is 92.9 Å². The predicted molar refractivity (Wildman–Crippen MR) is 48.8 cm³/mol. The van der Waals surface area contributed by atoms with E-state index in [9.17, 15) is 13.2 Å². The van der Waals surface area contributed by atoms with Crippen molar-refractivity contribution in [2.75, 3.05) is 0 Å². The second-order valence-electron chi connectivity index (χ2n) is 2.47. The van der Waals surface area contributed by atoms with Crippen LogP contribution in [0.5, 0.6) is 5.75 Å². The SMILES string of the molecule is NCc1cnc(Cl)c(OC(F)(F)F)c1Cl. The third-order valence-electron chi connectivity index (χ3n) is 1.44. The van der Waals surface area contributed by atoms with Gasteiger partial charge >= 0.3 is 6.36 Å². The van der Waals surface area contributed by atoms with Crippen molar-refractivity contribution in [1.82, 2.24) is 4.98 Å². The van der Waals surface area contributed by atoms with Gasteiger partial charge in [-0.05, 0) is 0 Å². The molecule has 15 heavy (non-hydrogen) atoms. The van der Waals surface area contributed by atoms with E-state index in [2.05, 4.69) is 9.72 Å². The van der Waals surface area contributed by atoms with Crippen molar-refractivity contribution in [2.45, 2.75) is 12.9 Å². The molecule has 0 aliphatic rings. The van der Waals surface area contributed by atoms with E-state index in [-0.39, 0.29) is 17.1 Å². The molecule has 1 rings (SSSR count). The van der Waals surface area contributed by atoms with Gasteiger partial charge < -0.3 is 10.5 Å². The first-order valence-electron chi connectivity index (χ1n) is 3.64. The van der Waals surface area contributed by atoms with E-state index in [1.165, 1.54) is 6.20 Å². The first kappa shape index (κ1) is 12.4. The lowest BCUT2D eigenvalue weighted by molar-refractivity contribution is -0.274. The summed E-state index contributed by atoms with van der Waals surface area (Å²) in [7, 11) is 0. The van der Waals surface area contributed by atoms with Crippen molar-refractivity contribution in [3.8, 4) is 5.75 Å².